The van der Waals surface area contributed by atoms with Crippen LogP contribution in [0, 0.1) is 0 Å². The van der Waals surface area contributed by atoms with E-state index in [0.717, 1.165) is 25.7 Å². The summed E-state index contributed by atoms with van der Waals surface area (Å²) in [6.07, 6.45) is 7.02. The Morgan fingerprint density at radius 3 is 2.63 bits per heavy atom. The number of primary amides is 1. The number of amides is 3. The van der Waals surface area contributed by atoms with Gasteiger partial charge in [-0.15, -0.1) is 0 Å². The fraction of sp³-hybridized carbons (Fsp3) is 0.500. The Morgan fingerprint density at radius 2 is 1.96 bits per heavy atom. The zero-order chi connectivity index (χ0) is 19.6. The highest BCUT2D eigenvalue weighted by atomic mass is 79.9. The molecule has 0 saturated heterocycles. The van der Waals surface area contributed by atoms with Crippen LogP contribution in [-0.2, 0) is 4.79 Å². The van der Waals surface area contributed by atoms with Crippen LogP contribution in [0.25, 0.3) is 0 Å². The second kappa shape index (κ2) is 10.8. The lowest BCUT2D eigenvalue weighted by Gasteiger charge is -2.22. The Kier molecular flexibility index (Phi) is 8.38. The van der Waals surface area contributed by atoms with E-state index in [1.165, 1.54) is 12.6 Å². The molecule has 4 N–H and O–H groups in total. The second-order valence-corrected chi connectivity index (χ2v) is 7.03. The number of urea groups is 1. The Morgan fingerprint density at radius 1 is 1.26 bits per heavy atom. The molecule has 148 valence electrons. The van der Waals surface area contributed by atoms with E-state index in [2.05, 4.69) is 31.8 Å². The van der Waals surface area contributed by atoms with Gasteiger partial charge >= 0.3 is 6.03 Å². The van der Waals surface area contributed by atoms with Crippen molar-refractivity contribution in [1.82, 2.24) is 10.7 Å². The van der Waals surface area contributed by atoms with E-state index in [4.69, 9.17) is 15.2 Å². The van der Waals surface area contributed by atoms with Crippen LogP contribution in [0.2, 0.25) is 0 Å². The molecule has 1 fully saturated rings. The lowest BCUT2D eigenvalue weighted by atomic mass is 9.95. The van der Waals surface area contributed by atoms with Crippen molar-refractivity contribution in [3.63, 3.8) is 0 Å². The van der Waals surface area contributed by atoms with Crippen LogP contribution < -0.4 is 25.9 Å². The highest BCUT2D eigenvalue weighted by Gasteiger charge is 2.17. The normalized spacial score (nSPS) is 14.7. The van der Waals surface area contributed by atoms with Crippen LogP contribution in [0.5, 0.6) is 11.5 Å². The molecule has 2 rings (SSSR count). The minimum atomic E-state index is -0.753. The zero-order valence-corrected chi connectivity index (χ0v) is 16.9. The molecule has 1 aliphatic rings. The van der Waals surface area contributed by atoms with E-state index in [-0.39, 0.29) is 18.6 Å². The van der Waals surface area contributed by atoms with Gasteiger partial charge in [-0.1, -0.05) is 19.3 Å². The van der Waals surface area contributed by atoms with Crippen molar-refractivity contribution >= 4 is 34.1 Å². The standard InChI is InChI=1S/C18H25BrN4O4/c1-2-26-15-8-12(10-21-23-18(20)25)14(19)9-16(15)27-11-17(24)22-13-6-4-3-5-7-13/h8-10,13H,2-7,11H2,1H3,(H,22,24)(H3,20,23,25). The van der Waals surface area contributed by atoms with E-state index in [9.17, 15) is 9.59 Å². The van der Waals surface area contributed by atoms with Crippen LogP contribution in [0.1, 0.15) is 44.6 Å². The molecule has 1 aliphatic carbocycles. The third-order valence-electron chi connectivity index (χ3n) is 4.07. The van der Waals surface area contributed by atoms with E-state index in [1.54, 1.807) is 12.1 Å². The molecule has 0 heterocycles. The minimum absolute atomic E-state index is 0.0836. The number of carbonyl (C=O) groups is 2. The van der Waals surface area contributed by atoms with Gasteiger partial charge in [0.15, 0.2) is 18.1 Å². The van der Waals surface area contributed by atoms with Gasteiger partial charge in [0, 0.05) is 16.1 Å². The average molecular weight is 441 g/mol. The van der Waals surface area contributed by atoms with E-state index in [1.807, 2.05) is 6.92 Å². The van der Waals surface area contributed by atoms with Crippen molar-refractivity contribution in [1.29, 1.82) is 0 Å². The number of carbonyl (C=O) groups excluding carboxylic acids is 2. The van der Waals surface area contributed by atoms with Crippen molar-refractivity contribution in [3.8, 4) is 11.5 Å². The first kappa shape index (κ1) is 21.0. The van der Waals surface area contributed by atoms with Crippen LogP contribution in [-0.4, -0.2) is 37.4 Å². The number of nitrogens with one attached hydrogen (secondary N) is 2. The summed E-state index contributed by atoms with van der Waals surface area (Å²) in [6.45, 7) is 2.20. The first-order chi connectivity index (χ1) is 13.0. The first-order valence-corrected chi connectivity index (χ1v) is 9.76. The number of hydrogen-bond donors (Lipinski definition) is 3. The van der Waals surface area contributed by atoms with E-state index >= 15 is 0 Å². The predicted octanol–water partition coefficient (Wildman–Crippen LogP) is 2.68. The molecule has 0 aromatic heterocycles. The molecule has 0 aliphatic heterocycles. The third-order valence-corrected chi connectivity index (χ3v) is 4.76. The molecular formula is C18H25BrN4O4. The van der Waals surface area contributed by atoms with Gasteiger partial charge < -0.3 is 20.5 Å². The highest BCUT2D eigenvalue weighted by molar-refractivity contribution is 9.10. The van der Waals surface area contributed by atoms with Crippen LogP contribution >= 0.6 is 15.9 Å². The topological polar surface area (TPSA) is 115 Å². The fourth-order valence-corrected chi connectivity index (χ4v) is 3.28. The van der Waals surface area contributed by atoms with Gasteiger partial charge in [0.2, 0.25) is 0 Å². The summed E-state index contributed by atoms with van der Waals surface area (Å²) in [4.78, 5) is 22.8. The second-order valence-electron chi connectivity index (χ2n) is 6.18. The molecule has 3 amide bonds. The van der Waals surface area contributed by atoms with E-state index in [0.29, 0.717) is 28.1 Å². The lowest BCUT2D eigenvalue weighted by Crippen LogP contribution is -2.39. The number of halogens is 1. The zero-order valence-electron chi connectivity index (χ0n) is 15.3. The Bertz CT molecular complexity index is 690. The van der Waals surface area contributed by atoms with E-state index < -0.39 is 6.03 Å². The van der Waals surface area contributed by atoms with Gasteiger partial charge in [-0.25, -0.2) is 10.2 Å². The Balaban J connectivity index is 2.01. The van der Waals surface area contributed by atoms with Gasteiger partial charge in [-0.2, -0.15) is 5.10 Å². The summed E-state index contributed by atoms with van der Waals surface area (Å²) in [5.74, 6) is 0.783. The molecule has 0 spiro atoms. The quantitative estimate of drug-likeness (QED) is 0.425. The fourth-order valence-electron chi connectivity index (χ4n) is 2.86. The molecule has 0 radical (unpaired) electrons. The maximum absolute atomic E-state index is 12.1. The first-order valence-electron chi connectivity index (χ1n) is 8.96. The van der Waals surface area contributed by atoms with Crippen molar-refractivity contribution in [2.75, 3.05) is 13.2 Å². The summed E-state index contributed by atoms with van der Waals surface area (Å²) in [7, 11) is 0. The molecule has 0 bridgehead atoms. The van der Waals surface area contributed by atoms with Crippen molar-refractivity contribution in [2.45, 2.75) is 45.1 Å². The highest BCUT2D eigenvalue weighted by Crippen LogP contribution is 2.33. The molecule has 1 aromatic rings. The summed E-state index contributed by atoms with van der Waals surface area (Å²) >= 11 is 3.42. The molecule has 1 aromatic carbocycles. The number of nitrogens with two attached hydrogens (primary N) is 1. The monoisotopic (exact) mass is 440 g/mol. The van der Waals surface area contributed by atoms with Gasteiger partial charge in [-0.05, 0) is 47.8 Å². The van der Waals surface area contributed by atoms with Crippen molar-refractivity contribution in [2.24, 2.45) is 10.8 Å². The maximum atomic E-state index is 12.1. The van der Waals surface area contributed by atoms with Gasteiger partial charge in [0.25, 0.3) is 5.91 Å². The van der Waals surface area contributed by atoms with Crippen LogP contribution in [0.15, 0.2) is 21.7 Å². The molecule has 0 unspecified atom stereocenters. The van der Waals surface area contributed by atoms with Crippen LogP contribution in [0.4, 0.5) is 4.79 Å². The molecule has 9 heteroatoms. The summed E-state index contributed by atoms with van der Waals surface area (Å²) in [5.41, 5.74) is 7.76. The SMILES string of the molecule is CCOc1cc(C=NNC(N)=O)c(Br)cc1OCC(=O)NC1CCCCC1. The number of hydrazone groups is 1. The Hall–Kier alpha value is -2.29. The van der Waals surface area contributed by atoms with Crippen molar-refractivity contribution < 1.29 is 19.1 Å². The third kappa shape index (κ3) is 7.09. The van der Waals surface area contributed by atoms with Gasteiger partial charge in [-0.3, -0.25) is 4.79 Å². The predicted molar refractivity (Wildman–Crippen MR) is 106 cm³/mol. The molecule has 0 atom stereocenters. The number of nitrogens with zero attached hydrogens (tertiary/aromatic N) is 1. The summed E-state index contributed by atoms with van der Waals surface area (Å²) < 4.78 is 11.9. The number of benzene rings is 1. The lowest BCUT2D eigenvalue weighted by molar-refractivity contribution is -0.124. The smallest absolute Gasteiger partial charge is 0.332 e. The summed E-state index contributed by atoms with van der Waals surface area (Å²) in [5, 5.41) is 6.75. The minimum Gasteiger partial charge on any atom is -0.490 e. The maximum Gasteiger partial charge on any atom is 0.332 e. The van der Waals surface area contributed by atoms with Gasteiger partial charge in [0.1, 0.15) is 0 Å². The van der Waals surface area contributed by atoms with Crippen molar-refractivity contribution in [3.05, 3.63) is 22.2 Å². The average Bonchev–Trinajstić information content (AvgIpc) is 2.63. The molecule has 8 nitrogen and oxygen atoms in total. The summed E-state index contributed by atoms with van der Waals surface area (Å²) in [6, 6.07) is 2.89. The molecular weight excluding hydrogens is 416 g/mol. The van der Waals surface area contributed by atoms with Crippen LogP contribution in [0.3, 0.4) is 0 Å². The number of rotatable bonds is 8. The van der Waals surface area contributed by atoms with Gasteiger partial charge in [0.05, 0.1) is 12.8 Å². The Labute approximate surface area is 167 Å². The number of hydrogen-bond acceptors (Lipinski definition) is 5. The number of ether oxygens (including phenoxy) is 2. The molecule has 27 heavy (non-hydrogen) atoms. The largest absolute Gasteiger partial charge is 0.490 e. The molecule has 1 saturated carbocycles.